The molecule has 1 unspecified atom stereocenters. The van der Waals surface area contributed by atoms with Crippen LogP contribution in [0.4, 0.5) is 40.6 Å². The largest absolute Gasteiger partial charge is 0.356 e. The maximum Gasteiger partial charge on any atom is 0.156 e. The molecule has 372 valence electrons. The average Bonchev–Trinajstić information content (AvgIpc) is 3.79. The molecular formula is C58H70N14. The molecule has 0 bridgehead atoms. The van der Waals surface area contributed by atoms with Crippen molar-refractivity contribution in [3.05, 3.63) is 148 Å². The Morgan fingerprint density at radius 2 is 1.14 bits per heavy atom. The zero-order valence-electron chi connectivity index (χ0n) is 42.0. The van der Waals surface area contributed by atoms with E-state index < -0.39 is 0 Å². The SMILES string of the molecule is Cc1cc(Nc2cc(Nc3ccc(CN4CCCC(c5ccc(/C=C/c6nc(Nc7cc(C)[nH]n7)cc(N7CCC(CCN8CCCCCC8)CC7)n6)cc5)CC4)cc3)nc(/C=C/c3ccccc3)n2)n[nH]1. The molecule has 0 spiro atoms. The molecule has 0 radical (unpaired) electrons. The van der Waals surface area contributed by atoms with Gasteiger partial charge in [0.15, 0.2) is 23.3 Å². The molecule has 10 rings (SSSR count). The minimum Gasteiger partial charge on any atom is -0.356 e. The van der Waals surface area contributed by atoms with Gasteiger partial charge >= 0.3 is 0 Å². The van der Waals surface area contributed by atoms with Gasteiger partial charge in [0.05, 0.1) is 0 Å². The normalized spacial score (nSPS) is 17.6. The zero-order valence-corrected chi connectivity index (χ0v) is 42.0. The van der Waals surface area contributed by atoms with Crippen LogP contribution in [0.1, 0.15) is 115 Å². The quantitative estimate of drug-likeness (QED) is 0.0590. The van der Waals surface area contributed by atoms with E-state index in [1.807, 2.05) is 62.4 Å². The van der Waals surface area contributed by atoms with E-state index in [0.717, 1.165) is 90.7 Å². The second kappa shape index (κ2) is 23.8. The van der Waals surface area contributed by atoms with Crippen LogP contribution in [-0.2, 0) is 6.54 Å². The smallest absolute Gasteiger partial charge is 0.156 e. The van der Waals surface area contributed by atoms with Gasteiger partial charge in [0.2, 0.25) is 0 Å². The van der Waals surface area contributed by atoms with Crippen LogP contribution in [-0.4, -0.2) is 95.9 Å². The van der Waals surface area contributed by atoms with Crippen molar-refractivity contribution in [2.45, 2.75) is 90.5 Å². The third-order valence-corrected chi connectivity index (χ3v) is 14.4. The van der Waals surface area contributed by atoms with Gasteiger partial charge in [-0.25, -0.2) is 19.9 Å². The number of nitrogens with one attached hydrogen (secondary N) is 5. The van der Waals surface area contributed by atoms with Gasteiger partial charge in [-0.1, -0.05) is 91.7 Å². The van der Waals surface area contributed by atoms with Gasteiger partial charge in [-0.05, 0) is 156 Å². The highest BCUT2D eigenvalue weighted by Crippen LogP contribution is 2.31. The van der Waals surface area contributed by atoms with Gasteiger partial charge in [0.1, 0.15) is 23.3 Å². The van der Waals surface area contributed by atoms with Crippen LogP contribution >= 0.6 is 0 Å². The van der Waals surface area contributed by atoms with Crippen molar-refractivity contribution in [2.75, 3.05) is 66.7 Å². The minimum absolute atomic E-state index is 0.536. The van der Waals surface area contributed by atoms with Crippen molar-refractivity contribution in [1.29, 1.82) is 0 Å². The monoisotopic (exact) mass is 963 g/mol. The topological polar surface area (TPSA) is 155 Å². The average molecular weight is 963 g/mol. The first kappa shape index (κ1) is 48.5. The van der Waals surface area contributed by atoms with Crippen LogP contribution in [0.3, 0.4) is 0 Å². The number of nitrogens with zero attached hydrogens (tertiary/aromatic N) is 9. The van der Waals surface area contributed by atoms with Crippen LogP contribution in [0.15, 0.2) is 103 Å². The van der Waals surface area contributed by atoms with Crippen molar-refractivity contribution in [1.82, 2.24) is 50.1 Å². The predicted molar refractivity (Wildman–Crippen MR) is 294 cm³/mol. The zero-order chi connectivity index (χ0) is 48.9. The van der Waals surface area contributed by atoms with E-state index in [1.165, 1.54) is 88.5 Å². The van der Waals surface area contributed by atoms with Crippen LogP contribution in [0.25, 0.3) is 24.3 Å². The molecule has 14 heteroatoms. The van der Waals surface area contributed by atoms with E-state index in [1.54, 1.807) is 0 Å². The predicted octanol–water partition coefficient (Wildman–Crippen LogP) is 12.2. The Balaban J connectivity index is 0.733. The van der Waals surface area contributed by atoms with Crippen molar-refractivity contribution in [3.8, 4) is 0 Å². The number of anilines is 7. The summed E-state index contributed by atoms with van der Waals surface area (Å²) in [6, 6.07) is 36.0. The van der Waals surface area contributed by atoms with Crippen molar-refractivity contribution < 1.29 is 0 Å². The molecule has 7 heterocycles. The lowest BCUT2D eigenvalue weighted by Gasteiger charge is -2.34. The maximum absolute atomic E-state index is 5.10. The summed E-state index contributed by atoms with van der Waals surface area (Å²) in [4.78, 5) is 27.4. The molecule has 0 amide bonds. The maximum atomic E-state index is 5.10. The van der Waals surface area contributed by atoms with Gasteiger partial charge in [-0.3, -0.25) is 15.1 Å². The first-order valence-electron chi connectivity index (χ1n) is 26.3. The number of likely N-dealkylation sites (tertiary alicyclic amines) is 2. The molecule has 3 aliphatic heterocycles. The minimum atomic E-state index is 0.536. The lowest BCUT2D eigenvalue weighted by Crippen LogP contribution is -2.36. The number of piperidine rings is 1. The van der Waals surface area contributed by atoms with Crippen molar-refractivity contribution >= 4 is 64.9 Å². The summed E-state index contributed by atoms with van der Waals surface area (Å²) in [5.74, 6) is 7.13. The Morgan fingerprint density at radius 3 is 1.79 bits per heavy atom. The molecule has 0 saturated carbocycles. The number of aromatic nitrogens is 8. The van der Waals surface area contributed by atoms with Crippen LogP contribution in [0.2, 0.25) is 0 Å². The number of rotatable bonds is 17. The summed E-state index contributed by atoms with van der Waals surface area (Å²) in [6.45, 7) is 12.9. The molecule has 7 aromatic rings. The number of aryl methyl sites for hydroxylation is 2. The fraction of sp³-hybridized carbons (Fsp3) is 0.379. The number of aromatic amines is 2. The molecular weight excluding hydrogens is 893 g/mol. The van der Waals surface area contributed by atoms with Gasteiger partial charge in [0, 0.05) is 61.0 Å². The standard InChI is InChI=1S/C58H70N14/c1-42-37-56(68-66-42)63-54-39-53(60-51(61-54)24-18-44-11-6-5-7-12-44)59-50-22-16-47(17-23-50)41-71-32-10-13-48(29-34-71)49-20-14-45(15-21-49)19-25-52-62-55(64-57-38-43(2)67-69-57)40-58(65-52)72-35-27-46(28-36-72)26-33-70-30-8-3-4-9-31-70/h5-7,11-12,14-25,37-40,46,48H,3-4,8-10,13,26-36,41H2,1-2H3,(H2,62,64,65,67,69)(H3,59,60,61,63,66,68)/b24-18+,25-19+. The lowest BCUT2D eigenvalue weighted by atomic mass is 9.91. The van der Waals surface area contributed by atoms with Gasteiger partial charge in [-0.2, -0.15) is 10.2 Å². The Bertz CT molecular complexity index is 2850. The second-order valence-electron chi connectivity index (χ2n) is 20.0. The molecule has 5 N–H and O–H groups in total. The molecule has 3 saturated heterocycles. The Labute approximate surface area is 424 Å². The summed E-state index contributed by atoms with van der Waals surface area (Å²) >= 11 is 0. The summed E-state index contributed by atoms with van der Waals surface area (Å²) in [7, 11) is 0. The molecule has 1 atom stereocenters. The first-order chi connectivity index (χ1) is 35.4. The van der Waals surface area contributed by atoms with Crippen molar-refractivity contribution in [2.24, 2.45) is 5.92 Å². The van der Waals surface area contributed by atoms with Gasteiger partial charge in [-0.15, -0.1) is 0 Å². The lowest BCUT2D eigenvalue weighted by molar-refractivity contribution is 0.246. The van der Waals surface area contributed by atoms with Crippen LogP contribution in [0, 0.1) is 19.8 Å². The molecule has 0 aliphatic carbocycles. The van der Waals surface area contributed by atoms with E-state index >= 15 is 0 Å². The van der Waals surface area contributed by atoms with E-state index in [2.05, 4.69) is 130 Å². The summed E-state index contributed by atoms with van der Waals surface area (Å²) in [5.41, 5.74) is 7.88. The first-order valence-corrected chi connectivity index (χ1v) is 26.3. The van der Waals surface area contributed by atoms with Gasteiger partial charge in [0.25, 0.3) is 0 Å². The molecule has 14 nitrogen and oxygen atoms in total. The van der Waals surface area contributed by atoms with E-state index in [4.69, 9.17) is 19.9 Å². The number of H-pyrrole nitrogens is 2. The number of benzene rings is 3. The third-order valence-electron chi connectivity index (χ3n) is 14.4. The fourth-order valence-corrected chi connectivity index (χ4v) is 10.4. The summed E-state index contributed by atoms with van der Waals surface area (Å²) < 4.78 is 0. The summed E-state index contributed by atoms with van der Waals surface area (Å²) in [6.07, 6.45) is 20.9. The van der Waals surface area contributed by atoms with Crippen molar-refractivity contribution in [3.63, 3.8) is 0 Å². The second-order valence-corrected chi connectivity index (χ2v) is 20.0. The molecule has 72 heavy (non-hydrogen) atoms. The van der Waals surface area contributed by atoms with E-state index in [-0.39, 0.29) is 0 Å². The Kier molecular flexibility index (Phi) is 16.0. The molecule has 3 aliphatic rings. The molecule has 4 aromatic heterocycles. The molecule has 3 aromatic carbocycles. The highest BCUT2D eigenvalue weighted by molar-refractivity contribution is 5.71. The highest BCUT2D eigenvalue weighted by atomic mass is 15.2. The van der Waals surface area contributed by atoms with Crippen LogP contribution < -0.4 is 20.9 Å². The summed E-state index contributed by atoms with van der Waals surface area (Å²) in [5, 5.41) is 25.0. The Hall–Kier alpha value is -7.16. The van der Waals surface area contributed by atoms with E-state index in [0.29, 0.717) is 35.0 Å². The van der Waals surface area contributed by atoms with Crippen LogP contribution in [0.5, 0.6) is 0 Å². The highest BCUT2D eigenvalue weighted by Gasteiger charge is 2.23. The van der Waals surface area contributed by atoms with E-state index in [9.17, 15) is 0 Å². The van der Waals surface area contributed by atoms with Gasteiger partial charge < -0.3 is 25.8 Å². The third kappa shape index (κ3) is 13.8. The molecule has 3 fully saturated rings. The fourth-order valence-electron chi connectivity index (χ4n) is 10.4. The Morgan fingerprint density at radius 1 is 0.528 bits per heavy atom. The number of hydrogen-bond acceptors (Lipinski definition) is 12. The number of hydrogen-bond donors (Lipinski definition) is 5.